The highest BCUT2D eigenvalue weighted by molar-refractivity contribution is 6.39. The van der Waals surface area contributed by atoms with Crippen LogP contribution in [-0.2, 0) is 12.8 Å². The van der Waals surface area contributed by atoms with Gasteiger partial charge in [-0.15, -0.1) is 0 Å². The minimum absolute atomic E-state index is 0.0467. The molecule has 0 spiro atoms. The van der Waals surface area contributed by atoms with Gasteiger partial charge >= 0.3 is 0 Å². The molecular formula is C17H17Cl3N4O. The van der Waals surface area contributed by atoms with Crippen molar-refractivity contribution in [3.05, 3.63) is 44.3 Å². The van der Waals surface area contributed by atoms with Crippen molar-refractivity contribution in [1.29, 1.82) is 0 Å². The van der Waals surface area contributed by atoms with Gasteiger partial charge in [0.2, 0.25) is 0 Å². The van der Waals surface area contributed by atoms with Gasteiger partial charge in [-0.2, -0.15) is 0 Å². The molecule has 0 atom stereocenters. The van der Waals surface area contributed by atoms with E-state index >= 15 is 0 Å². The number of halogens is 3. The number of anilines is 2. The molecule has 1 aliphatic carbocycles. The molecule has 0 aromatic carbocycles. The summed E-state index contributed by atoms with van der Waals surface area (Å²) in [7, 11) is 0. The highest BCUT2D eigenvalue weighted by Gasteiger charge is 2.32. The maximum absolute atomic E-state index is 11.9. The molecule has 1 aliphatic rings. The SMILES string of the molecule is CC1(C)CCc2c(Nc3c(Cl)cncc3Cl)nc(Cl)c(C(N)=O)c2C1. The lowest BCUT2D eigenvalue weighted by Crippen LogP contribution is -2.27. The van der Waals surface area contributed by atoms with E-state index in [0.29, 0.717) is 33.5 Å². The van der Waals surface area contributed by atoms with Crippen LogP contribution in [0.15, 0.2) is 12.4 Å². The predicted octanol–water partition coefficient (Wildman–Crippen LogP) is 4.79. The molecule has 0 saturated carbocycles. The van der Waals surface area contributed by atoms with Crippen LogP contribution in [0.2, 0.25) is 15.2 Å². The molecule has 8 heteroatoms. The first kappa shape index (κ1) is 18.2. The number of primary amides is 1. The molecule has 0 saturated heterocycles. The Kier molecular flexibility index (Phi) is 4.84. The minimum atomic E-state index is -0.571. The molecule has 2 aromatic heterocycles. The highest BCUT2D eigenvalue weighted by Crippen LogP contribution is 2.42. The number of hydrogen-bond acceptors (Lipinski definition) is 4. The predicted molar refractivity (Wildman–Crippen MR) is 101 cm³/mol. The number of rotatable bonds is 3. The van der Waals surface area contributed by atoms with Crippen LogP contribution in [-0.4, -0.2) is 15.9 Å². The number of carbonyl (C=O) groups is 1. The second-order valence-corrected chi connectivity index (χ2v) is 8.06. The first-order chi connectivity index (χ1) is 11.7. The topological polar surface area (TPSA) is 80.9 Å². The number of hydrogen-bond donors (Lipinski definition) is 2. The number of aromatic nitrogens is 2. The molecule has 0 radical (unpaired) electrons. The second-order valence-electron chi connectivity index (χ2n) is 6.89. The van der Waals surface area contributed by atoms with Crippen LogP contribution in [0.4, 0.5) is 11.5 Å². The van der Waals surface area contributed by atoms with Crippen LogP contribution in [0.25, 0.3) is 0 Å². The van der Waals surface area contributed by atoms with Crippen LogP contribution in [0, 0.1) is 5.41 Å². The Hall–Kier alpha value is -1.56. The summed E-state index contributed by atoms with van der Waals surface area (Å²) in [6.45, 7) is 4.30. The second kappa shape index (κ2) is 6.63. The average molecular weight is 400 g/mol. The Bertz CT molecular complexity index is 847. The summed E-state index contributed by atoms with van der Waals surface area (Å²) in [4.78, 5) is 20.2. The average Bonchev–Trinajstić information content (AvgIpc) is 2.49. The normalized spacial score (nSPS) is 15.6. The van der Waals surface area contributed by atoms with Gasteiger partial charge < -0.3 is 11.1 Å². The third-order valence-electron chi connectivity index (χ3n) is 4.42. The van der Waals surface area contributed by atoms with Gasteiger partial charge in [0, 0.05) is 12.4 Å². The molecule has 1 amide bonds. The quantitative estimate of drug-likeness (QED) is 0.727. The van der Waals surface area contributed by atoms with E-state index in [1.807, 2.05) is 0 Å². The van der Waals surface area contributed by atoms with Crippen molar-refractivity contribution in [2.75, 3.05) is 5.32 Å². The molecule has 0 aliphatic heterocycles. The summed E-state index contributed by atoms with van der Waals surface area (Å²) in [5.41, 5.74) is 8.14. The van der Waals surface area contributed by atoms with Crippen LogP contribution < -0.4 is 11.1 Å². The molecule has 132 valence electrons. The van der Waals surface area contributed by atoms with E-state index in [1.165, 1.54) is 12.4 Å². The monoisotopic (exact) mass is 398 g/mol. The lowest BCUT2D eigenvalue weighted by molar-refractivity contribution is 0.0998. The van der Waals surface area contributed by atoms with Gasteiger partial charge in [-0.05, 0) is 35.8 Å². The molecule has 0 fully saturated rings. The number of fused-ring (bicyclic) bond motifs is 1. The maximum atomic E-state index is 11.9. The summed E-state index contributed by atoms with van der Waals surface area (Å²) in [6, 6.07) is 0. The van der Waals surface area contributed by atoms with Gasteiger partial charge in [-0.1, -0.05) is 48.7 Å². The van der Waals surface area contributed by atoms with Gasteiger partial charge in [0.05, 0.1) is 21.3 Å². The van der Waals surface area contributed by atoms with E-state index < -0.39 is 5.91 Å². The van der Waals surface area contributed by atoms with Gasteiger partial charge in [0.1, 0.15) is 11.0 Å². The third kappa shape index (κ3) is 3.54. The fraction of sp³-hybridized carbons (Fsp3) is 0.353. The number of carbonyl (C=O) groups excluding carboxylic acids is 1. The van der Waals surface area contributed by atoms with E-state index in [1.54, 1.807) is 0 Å². The zero-order chi connectivity index (χ0) is 18.4. The summed E-state index contributed by atoms with van der Waals surface area (Å²) in [5, 5.41) is 3.97. The van der Waals surface area contributed by atoms with Crippen molar-refractivity contribution in [3.63, 3.8) is 0 Å². The van der Waals surface area contributed by atoms with Gasteiger partial charge in [-0.3, -0.25) is 9.78 Å². The van der Waals surface area contributed by atoms with Crippen molar-refractivity contribution in [3.8, 4) is 0 Å². The standard InChI is InChI=1S/C17H17Cl3N4O/c1-17(2)4-3-8-9(5-17)12(15(21)25)14(20)24-16(8)23-13-10(18)6-22-7-11(13)19/h6-7H,3-5H2,1-2H3,(H2,21,25)(H,22,23,24). The zero-order valence-corrected chi connectivity index (χ0v) is 16.1. The Balaban J connectivity index is 2.16. The Morgan fingerprint density at radius 2 is 1.84 bits per heavy atom. The molecule has 0 unspecified atom stereocenters. The smallest absolute Gasteiger partial charge is 0.252 e. The molecule has 2 heterocycles. The molecule has 3 N–H and O–H groups in total. The van der Waals surface area contributed by atoms with E-state index in [2.05, 4.69) is 29.1 Å². The Morgan fingerprint density at radius 3 is 2.44 bits per heavy atom. The first-order valence-electron chi connectivity index (χ1n) is 7.76. The largest absolute Gasteiger partial charge is 0.365 e. The van der Waals surface area contributed by atoms with E-state index in [-0.39, 0.29) is 10.6 Å². The van der Waals surface area contributed by atoms with E-state index in [0.717, 1.165) is 24.0 Å². The number of nitrogens with two attached hydrogens (primary N) is 1. The van der Waals surface area contributed by atoms with E-state index in [4.69, 9.17) is 40.5 Å². The summed E-state index contributed by atoms with van der Waals surface area (Å²) >= 11 is 18.6. The lowest BCUT2D eigenvalue weighted by Gasteiger charge is -2.33. The number of amides is 1. The molecule has 0 bridgehead atoms. The summed E-state index contributed by atoms with van der Waals surface area (Å²) in [5.74, 6) is -0.0338. The van der Waals surface area contributed by atoms with Gasteiger partial charge in [0.15, 0.2) is 0 Å². The molecule has 3 rings (SSSR count). The van der Waals surface area contributed by atoms with Crippen LogP contribution in [0.5, 0.6) is 0 Å². The Morgan fingerprint density at radius 1 is 1.20 bits per heavy atom. The number of pyridine rings is 2. The van der Waals surface area contributed by atoms with Crippen LogP contribution in [0.1, 0.15) is 41.8 Å². The number of nitrogens with one attached hydrogen (secondary N) is 1. The molecule has 25 heavy (non-hydrogen) atoms. The summed E-state index contributed by atoms with van der Waals surface area (Å²) in [6.07, 6.45) is 5.37. The Labute approximate surface area is 160 Å². The lowest BCUT2D eigenvalue weighted by atomic mass is 9.73. The molecule has 2 aromatic rings. The highest BCUT2D eigenvalue weighted by atomic mass is 35.5. The van der Waals surface area contributed by atoms with Crippen molar-refractivity contribution >= 4 is 52.2 Å². The van der Waals surface area contributed by atoms with Crippen LogP contribution in [0.3, 0.4) is 0 Å². The summed E-state index contributed by atoms with van der Waals surface area (Å²) < 4.78 is 0. The van der Waals surface area contributed by atoms with Crippen molar-refractivity contribution in [2.45, 2.75) is 33.1 Å². The van der Waals surface area contributed by atoms with Crippen molar-refractivity contribution in [2.24, 2.45) is 11.1 Å². The third-order valence-corrected chi connectivity index (χ3v) is 5.27. The fourth-order valence-electron chi connectivity index (χ4n) is 3.14. The maximum Gasteiger partial charge on any atom is 0.252 e. The van der Waals surface area contributed by atoms with Gasteiger partial charge in [-0.25, -0.2) is 4.98 Å². The van der Waals surface area contributed by atoms with Gasteiger partial charge in [0.25, 0.3) is 5.91 Å². The van der Waals surface area contributed by atoms with Crippen molar-refractivity contribution < 1.29 is 4.79 Å². The minimum Gasteiger partial charge on any atom is -0.365 e. The van der Waals surface area contributed by atoms with E-state index in [9.17, 15) is 4.79 Å². The van der Waals surface area contributed by atoms with Crippen molar-refractivity contribution in [1.82, 2.24) is 9.97 Å². The first-order valence-corrected chi connectivity index (χ1v) is 8.90. The zero-order valence-electron chi connectivity index (χ0n) is 13.8. The van der Waals surface area contributed by atoms with Crippen LogP contribution >= 0.6 is 34.8 Å². The molecular weight excluding hydrogens is 383 g/mol. The molecule has 5 nitrogen and oxygen atoms in total. The number of nitrogens with zero attached hydrogens (tertiary/aromatic N) is 2. The fourth-order valence-corrected chi connectivity index (χ4v) is 3.89.